The number of carbonyl (C=O) groups is 1. The summed E-state index contributed by atoms with van der Waals surface area (Å²) in [5.74, 6) is 0.0238. The van der Waals surface area contributed by atoms with Crippen LogP contribution in [-0.2, 0) is 11.3 Å². The lowest BCUT2D eigenvalue weighted by Crippen LogP contribution is -2.33. The van der Waals surface area contributed by atoms with Crippen molar-refractivity contribution in [1.82, 2.24) is 9.80 Å². The molecule has 1 aromatic rings. The molecule has 23 heavy (non-hydrogen) atoms. The number of carbonyl (C=O) groups excluding carboxylic acids is 1. The second-order valence-corrected chi connectivity index (χ2v) is 6.60. The van der Waals surface area contributed by atoms with Gasteiger partial charge in [0.2, 0.25) is 5.91 Å². The molecular formula is C17H21N3O3. The molecule has 0 N–H and O–H groups in total. The molecule has 6 nitrogen and oxygen atoms in total. The Bertz CT molecular complexity index is 628. The Labute approximate surface area is 135 Å². The van der Waals surface area contributed by atoms with Crippen molar-refractivity contribution in [1.29, 1.82) is 0 Å². The summed E-state index contributed by atoms with van der Waals surface area (Å²) in [5, 5.41) is 10.7. The van der Waals surface area contributed by atoms with Crippen LogP contribution >= 0.6 is 0 Å². The lowest BCUT2D eigenvalue weighted by molar-refractivity contribution is -0.384. The summed E-state index contributed by atoms with van der Waals surface area (Å²) in [4.78, 5) is 26.3. The summed E-state index contributed by atoms with van der Waals surface area (Å²) in [7, 11) is 0. The van der Waals surface area contributed by atoms with Crippen LogP contribution in [0.2, 0.25) is 0 Å². The Balaban J connectivity index is 1.59. The molecule has 2 aliphatic rings. The number of non-ortho nitro benzene ring substituents is 1. The smallest absolute Gasteiger partial charge is 0.269 e. The van der Waals surface area contributed by atoms with E-state index in [1.54, 1.807) is 12.1 Å². The van der Waals surface area contributed by atoms with E-state index in [1.165, 1.54) is 6.08 Å². The third-order valence-corrected chi connectivity index (χ3v) is 5.00. The van der Waals surface area contributed by atoms with Crippen LogP contribution in [0, 0.1) is 15.5 Å². The number of nitro benzene ring substituents is 1. The van der Waals surface area contributed by atoms with Crippen molar-refractivity contribution in [2.24, 2.45) is 5.41 Å². The van der Waals surface area contributed by atoms with Crippen molar-refractivity contribution < 1.29 is 9.72 Å². The SMILES string of the molecule is C=CC(=O)N1CCC2(CCN(Cc3ccc([N+](=O)[O-])cc3)C2)C1. The summed E-state index contributed by atoms with van der Waals surface area (Å²) in [6.45, 7) is 7.98. The van der Waals surface area contributed by atoms with Gasteiger partial charge in [-0.15, -0.1) is 0 Å². The summed E-state index contributed by atoms with van der Waals surface area (Å²) in [6.07, 6.45) is 3.53. The first-order valence-corrected chi connectivity index (χ1v) is 7.88. The topological polar surface area (TPSA) is 66.7 Å². The number of rotatable bonds is 4. The maximum absolute atomic E-state index is 11.8. The van der Waals surface area contributed by atoms with E-state index in [4.69, 9.17) is 0 Å². The quantitative estimate of drug-likeness (QED) is 0.485. The molecule has 0 saturated carbocycles. The Hall–Kier alpha value is -2.21. The van der Waals surface area contributed by atoms with E-state index in [2.05, 4.69) is 11.5 Å². The van der Waals surface area contributed by atoms with E-state index in [0.717, 1.165) is 51.1 Å². The zero-order valence-electron chi connectivity index (χ0n) is 13.1. The highest BCUT2D eigenvalue weighted by atomic mass is 16.6. The average Bonchev–Trinajstić information content (AvgIpc) is 3.14. The van der Waals surface area contributed by atoms with Gasteiger partial charge in [-0.05, 0) is 31.0 Å². The molecule has 2 aliphatic heterocycles. The van der Waals surface area contributed by atoms with Crippen LogP contribution in [0.1, 0.15) is 18.4 Å². The summed E-state index contributed by atoms with van der Waals surface area (Å²) >= 11 is 0. The fraction of sp³-hybridized carbons (Fsp3) is 0.471. The van der Waals surface area contributed by atoms with Crippen LogP contribution < -0.4 is 0 Å². The first kappa shape index (κ1) is 15.7. The molecule has 1 aromatic carbocycles. The number of nitro groups is 1. The molecular weight excluding hydrogens is 294 g/mol. The number of amides is 1. The van der Waals surface area contributed by atoms with Crippen LogP contribution in [-0.4, -0.2) is 46.8 Å². The monoisotopic (exact) mass is 315 g/mol. The molecule has 3 rings (SSSR count). The highest BCUT2D eigenvalue weighted by Gasteiger charge is 2.44. The minimum Gasteiger partial charge on any atom is -0.339 e. The van der Waals surface area contributed by atoms with Crippen molar-refractivity contribution in [3.8, 4) is 0 Å². The molecule has 1 unspecified atom stereocenters. The van der Waals surface area contributed by atoms with E-state index in [9.17, 15) is 14.9 Å². The number of likely N-dealkylation sites (tertiary alicyclic amines) is 2. The summed E-state index contributed by atoms with van der Waals surface area (Å²) in [6, 6.07) is 6.76. The predicted octanol–water partition coefficient (Wildman–Crippen LogP) is 2.21. The number of benzene rings is 1. The molecule has 6 heteroatoms. The van der Waals surface area contributed by atoms with Crippen LogP contribution in [0.3, 0.4) is 0 Å². The first-order chi connectivity index (χ1) is 11.0. The standard InChI is InChI=1S/C17H21N3O3/c1-2-16(21)19-10-8-17(13-19)7-9-18(12-17)11-14-3-5-15(6-4-14)20(22)23/h2-6H,1,7-13H2. The normalized spacial score (nSPS) is 24.3. The summed E-state index contributed by atoms with van der Waals surface area (Å²) < 4.78 is 0. The van der Waals surface area contributed by atoms with Gasteiger partial charge in [-0.1, -0.05) is 18.7 Å². The Morgan fingerprint density at radius 3 is 2.61 bits per heavy atom. The Morgan fingerprint density at radius 1 is 1.26 bits per heavy atom. The van der Waals surface area contributed by atoms with Gasteiger partial charge in [-0.25, -0.2) is 0 Å². The van der Waals surface area contributed by atoms with E-state index in [1.807, 2.05) is 17.0 Å². The molecule has 2 saturated heterocycles. The highest BCUT2D eigenvalue weighted by Crippen LogP contribution is 2.40. The molecule has 0 aliphatic carbocycles. The van der Waals surface area contributed by atoms with Gasteiger partial charge >= 0.3 is 0 Å². The summed E-state index contributed by atoms with van der Waals surface area (Å²) in [5.41, 5.74) is 1.42. The number of hydrogen-bond donors (Lipinski definition) is 0. The third-order valence-electron chi connectivity index (χ3n) is 5.00. The largest absolute Gasteiger partial charge is 0.339 e. The predicted molar refractivity (Wildman–Crippen MR) is 86.8 cm³/mol. The Kier molecular flexibility index (Phi) is 4.17. The molecule has 1 amide bonds. The van der Waals surface area contributed by atoms with Gasteiger partial charge in [0.15, 0.2) is 0 Å². The lowest BCUT2D eigenvalue weighted by atomic mass is 9.86. The molecule has 1 spiro atoms. The maximum Gasteiger partial charge on any atom is 0.269 e. The van der Waals surface area contributed by atoms with Gasteiger partial charge < -0.3 is 4.90 Å². The van der Waals surface area contributed by atoms with Crippen LogP contribution in [0.15, 0.2) is 36.9 Å². The first-order valence-electron chi connectivity index (χ1n) is 7.88. The van der Waals surface area contributed by atoms with Crippen LogP contribution in [0.4, 0.5) is 5.69 Å². The van der Waals surface area contributed by atoms with Crippen molar-refractivity contribution in [3.05, 3.63) is 52.6 Å². The van der Waals surface area contributed by atoms with Gasteiger partial charge in [0.25, 0.3) is 5.69 Å². The maximum atomic E-state index is 11.8. The van der Waals surface area contributed by atoms with E-state index in [0.29, 0.717) is 0 Å². The highest BCUT2D eigenvalue weighted by molar-refractivity contribution is 5.87. The zero-order valence-corrected chi connectivity index (χ0v) is 13.1. The molecule has 2 heterocycles. The Morgan fingerprint density at radius 2 is 1.96 bits per heavy atom. The fourth-order valence-electron chi connectivity index (χ4n) is 3.73. The van der Waals surface area contributed by atoms with Gasteiger partial charge in [-0.3, -0.25) is 19.8 Å². The molecule has 0 radical (unpaired) electrons. The van der Waals surface area contributed by atoms with Gasteiger partial charge in [-0.2, -0.15) is 0 Å². The van der Waals surface area contributed by atoms with Crippen molar-refractivity contribution in [2.45, 2.75) is 19.4 Å². The molecule has 0 aromatic heterocycles. The molecule has 122 valence electrons. The molecule has 0 bridgehead atoms. The molecule has 1 atom stereocenters. The van der Waals surface area contributed by atoms with E-state index in [-0.39, 0.29) is 21.9 Å². The fourth-order valence-corrected chi connectivity index (χ4v) is 3.73. The minimum absolute atomic E-state index is 0.0238. The second-order valence-electron chi connectivity index (χ2n) is 6.60. The van der Waals surface area contributed by atoms with Crippen LogP contribution in [0.25, 0.3) is 0 Å². The van der Waals surface area contributed by atoms with E-state index >= 15 is 0 Å². The third kappa shape index (κ3) is 3.27. The number of hydrogen-bond acceptors (Lipinski definition) is 4. The van der Waals surface area contributed by atoms with Gasteiger partial charge in [0.1, 0.15) is 0 Å². The molecule has 2 fully saturated rings. The lowest BCUT2D eigenvalue weighted by Gasteiger charge is -2.24. The van der Waals surface area contributed by atoms with Gasteiger partial charge in [0, 0.05) is 43.7 Å². The average molecular weight is 315 g/mol. The van der Waals surface area contributed by atoms with Gasteiger partial charge in [0.05, 0.1) is 4.92 Å². The van der Waals surface area contributed by atoms with E-state index < -0.39 is 0 Å². The zero-order chi connectivity index (χ0) is 16.4. The van der Waals surface area contributed by atoms with Crippen molar-refractivity contribution >= 4 is 11.6 Å². The van der Waals surface area contributed by atoms with Crippen molar-refractivity contribution in [2.75, 3.05) is 26.2 Å². The van der Waals surface area contributed by atoms with Crippen molar-refractivity contribution in [3.63, 3.8) is 0 Å². The van der Waals surface area contributed by atoms with Crippen LogP contribution in [0.5, 0.6) is 0 Å². The number of nitrogens with zero attached hydrogens (tertiary/aromatic N) is 3. The second kappa shape index (κ2) is 6.12. The minimum atomic E-state index is -0.377.